The first kappa shape index (κ1) is 21.3. The van der Waals surface area contributed by atoms with Crippen LogP contribution in [-0.2, 0) is 16.0 Å². The van der Waals surface area contributed by atoms with Crippen LogP contribution in [0.25, 0.3) is 0 Å². The third-order valence-electron chi connectivity index (χ3n) is 8.11. The quantitative estimate of drug-likeness (QED) is 0.759. The van der Waals surface area contributed by atoms with Crippen molar-refractivity contribution in [1.29, 1.82) is 5.26 Å². The zero-order valence-corrected chi connectivity index (χ0v) is 19.1. The number of rotatable bonds is 4. The van der Waals surface area contributed by atoms with Crippen molar-refractivity contribution in [1.82, 2.24) is 14.7 Å². The molecule has 2 aromatic rings. The van der Waals surface area contributed by atoms with Crippen molar-refractivity contribution >= 4 is 11.8 Å². The van der Waals surface area contributed by atoms with Gasteiger partial charge in [0.25, 0.3) is 0 Å². The van der Waals surface area contributed by atoms with Crippen LogP contribution in [0.5, 0.6) is 0 Å². The molecule has 7 heteroatoms. The predicted octanol–water partition coefficient (Wildman–Crippen LogP) is 1.81. The lowest BCUT2D eigenvalue weighted by Gasteiger charge is -2.42. The highest BCUT2D eigenvalue weighted by Gasteiger charge is 2.53. The highest BCUT2D eigenvalue weighted by atomic mass is 16.2. The maximum absolute atomic E-state index is 13.7. The molecule has 0 spiro atoms. The van der Waals surface area contributed by atoms with Gasteiger partial charge in [-0.1, -0.05) is 48.5 Å². The van der Waals surface area contributed by atoms with Crippen LogP contribution >= 0.6 is 0 Å². The first-order valence-corrected chi connectivity index (χ1v) is 12.2. The largest absolute Gasteiger partial charge is 0.326 e. The molecule has 2 bridgehead atoms. The molecule has 4 atom stereocenters. The van der Waals surface area contributed by atoms with E-state index in [1.54, 1.807) is 4.90 Å². The van der Waals surface area contributed by atoms with Crippen molar-refractivity contribution in [3.63, 3.8) is 0 Å². The number of hydrogen-bond acceptors (Lipinski definition) is 5. The Morgan fingerprint density at radius 2 is 1.79 bits per heavy atom. The smallest absolute Gasteiger partial charge is 0.241 e. The van der Waals surface area contributed by atoms with Crippen molar-refractivity contribution in [2.45, 2.75) is 55.9 Å². The van der Waals surface area contributed by atoms with Gasteiger partial charge in [-0.2, -0.15) is 5.26 Å². The average molecular weight is 456 g/mol. The number of carbonyl (C=O) groups is 2. The molecule has 2 amide bonds. The molecule has 0 unspecified atom stereocenters. The first-order chi connectivity index (χ1) is 16.6. The number of likely N-dealkylation sites (tertiary alicyclic amines) is 3. The fourth-order valence-electron chi connectivity index (χ4n) is 6.53. The topological polar surface area (TPSA) is 93.7 Å². The summed E-state index contributed by atoms with van der Waals surface area (Å²) in [6, 6.07) is 17.8. The van der Waals surface area contributed by atoms with Gasteiger partial charge in [0, 0.05) is 25.7 Å². The van der Waals surface area contributed by atoms with Gasteiger partial charge in [0.2, 0.25) is 11.8 Å². The normalized spacial score (nSPS) is 26.9. The number of fused-ring (bicyclic) bond motifs is 4. The Morgan fingerprint density at radius 3 is 2.44 bits per heavy atom. The van der Waals surface area contributed by atoms with Gasteiger partial charge in [0.15, 0.2) is 0 Å². The third-order valence-corrected chi connectivity index (χ3v) is 8.11. The molecule has 2 N–H and O–H groups in total. The highest BCUT2D eigenvalue weighted by molar-refractivity contribution is 5.87. The predicted molar refractivity (Wildman–Crippen MR) is 126 cm³/mol. The van der Waals surface area contributed by atoms with E-state index in [1.807, 2.05) is 0 Å². The Morgan fingerprint density at radius 1 is 1.12 bits per heavy atom. The average Bonchev–Trinajstić information content (AvgIpc) is 3.57. The minimum Gasteiger partial charge on any atom is -0.326 e. The third kappa shape index (κ3) is 3.24. The number of benzene rings is 2. The van der Waals surface area contributed by atoms with E-state index in [9.17, 15) is 14.9 Å². The molecule has 3 heterocycles. The summed E-state index contributed by atoms with van der Waals surface area (Å²) in [6.07, 6.45) is 3.21. The fourth-order valence-corrected chi connectivity index (χ4v) is 6.53. The van der Waals surface area contributed by atoms with Gasteiger partial charge in [-0.15, -0.1) is 0 Å². The van der Waals surface area contributed by atoms with Gasteiger partial charge >= 0.3 is 0 Å². The molecule has 6 rings (SSSR count). The Kier molecular flexibility index (Phi) is 5.16. The zero-order valence-electron chi connectivity index (χ0n) is 19.1. The summed E-state index contributed by atoms with van der Waals surface area (Å²) in [6.45, 7) is 1.66. The molecular weight excluding hydrogens is 426 g/mol. The molecule has 0 radical (unpaired) electrons. The van der Waals surface area contributed by atoms with Crippen LogP contribution in [0, 0.1) is 11.3 Å². The zero-order chi connectivity index (χ0) is 23.4. The minimum absolute atomic E-state index is 0.0675. The second kappa shape index (κ2) is 8.23. The van der Waals surface area contributed by atoms with E-state index in [1.165, 1.54) is 22.3 Å². The van der Waals surface area contributed by atoms with Crippen molar-refractivity contribution in [3.05, 3.63) is 70.8 Å². The number of nitrogens with zero attached hydrogens (tertiary/aromatic N) is 4. The van der Waals surface area contributed by atoms with Crippen molar-refractivity contribution in [2.24, 2.45) is 5.73 Å². The summed E-state index contributed by atoms with van der Waals surface area (Å²) in [5.74, 6) is -0.0465. The molecule has 3 fully saturated rings. The summed E-state index contributed by atoms with van der Waals surface area (Å²) in [7, 11) is 0. The van der Waals surface area contributed by atoms with Gasteiger partial charge < -0.3 is 15.5 Å². The lowest BCUT2D eigenvalue weighted by molar-refractivity contribution is -0.140. The van der Waals surface area contributed by atoms with Gasteiger partial charge in [0.05, 0.1) is 24.2 Å². The van der Waals surface area contributed by atoms with Crippen molar-refractivity contribution in [2.75, 3.05) is 19.6 Å². The number of carbonyl (C=O) groups excluding carboxylic acids is 2. The van der Waals surface area contributed by atoms with Crippen LogP contribution in [0.1, 0.15) is 47.6 Å². The second-order valence-corrected chi connectivity index (χ2v) is 10.0. The molecule has 2 aromatic carbocycles. The van der Waals surface area contributed by atoms with Crippen LogP contribution in [-0.4, -0.2) is 70.3 Å². The van der Waals surface area contributed by atoms with Gasteiger partial charge in [-0.25, -0.2) is 0 Å². The SMILES string of the molecule is N#C[C@@H]1CCCN1C(=O)[C@@H](N)CN1C[C@H]2C[C@@H]1C(=O)N2C1c2ccccc2Cc2ccccc21. The summed E-state index contributed by atoms with van der Waals surface area (Å²) < 4.78 is 0. The van der Waals surface area contributed by atoms with E-state index in [4.69, 9.17) is 5.73 Å². The number of piperazine rings is 1. The van der Waals surface area contributed by atoms with E-state index < -0.39 is 6.04 Å². The monoisotopic (exact) mass is 455 g/mol. The van der Waals surface area contributed by atoms with Crippen molar-refractivity contribution < 1.29 is 9.59 Å². The molecule has 174 valence electrons. The Hall–Kier alpha value is -3.21. The van der Waals surface area contributed by atoms with Crippen LogP contribution < -0.4 is 5.73 Å². The first-order valence-electron chi connectivity index (χ1n) is 12.2. The summed E-state index contributed by atoms with van der Waals surface area (Å²) in [5, 5.41) is 9.32. The van der Waals surface area contributed by atoms with Crippen LogP contribution in [0.2, 0.25) is 0 Å². The fraction of sp³-hybridized carbons (Fsp3) is 0.444. The van der Waals surface area contributed by atoms with E-state index in [0.717, 1.165) is 25.8 Å². The van der Waals surface area contributed by atoms with Gasteiger partial charge in [0.1, 0.15) is 6.04 Å². The van der Waals surface area contributed by atoms with E-state index in [2.05, 4.69) is 64.4 Å². The Bertz CT molecular complexity index is 1140. The molecule has 0 saturated carbocycles. The minimum atomic E-state index is -0.717. The molecule has 4 aliphatic rings. The van der Waals surface area contributed by atoms with E-state index in [-0.39, 0.29) is 36.0 Å². The van der Waals surface area contributed by atoms with Gasteiger partial charge in [-0.05, 0) is 47.9 Å². The van der Waals surface area contributed by atoms with Crippen molar-refractivity contribution in [3.8, 4) is 6.07 Å². The molecule has 34 heavy (non-hydrogen) atoms. The molecule has 7 nitrogen and oxygen atoms in total. The lowest BCUT2D eigenvalue weighted by Crippen LogP contribution is -2.57. The molecule has 3 saturated heterocycles. The number of hydrogen-bond donors (Lipinski definition) is 1. The molecular formula is C27H29N5O2. The standard InChI is InChI=1S/C27H29N5O2/c28-14-19-8-5-11-31(19)26(33)23(29)16-30-15-20-13-24(30)27(34)32(20)25-21-9-3-1-6-17(21)12-18-7-2-4-10-22(18)25/h1-4,6-7,9-10,19-20,23-25H,5,8,11-13,15-16,29H2/t19-,20+,23-,24+/m0/s1. The maximum atomic E-state index is 13.7. The Labute approximate surface area is 199 Å². The van der Waals surface area contributed by atoms with Gasteiger partial charge in [-0.3, -0.25) is 14.5 Å². The summed E-state index contributed by atoms with van der Waals surface area (Å²) in [5.41, 5.74) is 11.3. The Balaban J connectivity index is 1.22. The number of nitriles is 1. The highest BCUT2D eigenvalue weighted by Crippen LogP contribution is 2.45. The number of amides is 2. The molecule has 0 aromatic heterocycles. The molecule has 1 aliphatic carbocycles. The summed E-state index contributed by atoms with van der Waals surface area (Å²) in [4.78, 5) is 32.4. The molecule has 3 aliphatic heterocycles. The van der Waals surface area contributed by atoms with Crippen LogP contribution in [0.3, 0.4) is 0 Å². The van der Waals surface area contributed by atoms with E-state index >= 15 is 0 Å². The summed E-state index contributed by atoms with van der Waals surface area (Å²) >= 11 is 0. The number of nitrogens with two attached hydrogens (primary N) is 1. The lowest BCUT2D eigenvalue weighted by atomic mass is 9.81. The van der Waals surface area contributed by atoms with E-state index in [0.29, 0.717) is 19.5 Å². The maximum Gasteiger partial charge on any atom is 0.241 e. The van der Waals surface area contributed by atoms with Crippen LogP contribution in [0.15, 0.2) is 48.5 Å². The second-order valence-electron chi connectivity index (χ2n) is 10.0. The van der Waals surface area contributed by atoms with Crippen LogP contribution in [0.4, 0.5) is 0 Å².